The molecule has 2 aromatic rings. The Kier molecular flexibility index (Phi) is 2.92. The van der Waals surface area contributed by atoms with Crippen LogP contribution in [0.5, 0.6) is 0 Å². The zero-order valence-electron chi connectivity index (χ0n) is 9.57. The van der Waals surface area contributed by atoms with Gasteiger partial charge in [-0.05, 0) is 32.0 Å². The van der Waals surface area contributed by atoms with Crippen LogP contribution in [-0.4, -0.2) is 15.6 Å². The number of benzene rings is 1. The number of imidazole rings is 1. The second-order valence-electron chi connectivity index (χ2n) is 4.09. The van der Waals surface area contributed by atoms with Crippen molar-refractivity contribution < 1.29 is 4.39 Å². The fraction of sp³-hybridized carbons (Fsp3) is 0.417. The van der Waals surface area contributed by atoms with Crippen LogP contribution in [0.25, 0.3) is 11.0 Å². The SMILES string of the molecule is CCn1c(CC(C)N)nc2ccc(F)cc21. The van der Waals surface area contributed by atoms with E-state index in [-0.39, 0.29) is 11.9 Å². The van der Waals surface area contributed by atoms with E-state index in [0.717, 1.165) is 23.4 Å². The summed E-state index contributed by atoms with van der Waals surface area (Å²) >= 11 is 0. The molecule has 2 rings (SSSR count). The first-order valence-electron chi connectivity index (χ1n) is 5.52. The van der Waals surface area contributed by atoms with E-state index in [1.807, 2.05) is 18.4 Å². The van der Waals surface area contributed by atoms with E-state index < -0.39 is 0 Å². The molecule has 3 nitrogen and oxygen atoms in total. The number of nitrogens with two attached hydrogens (primary N) is 1. The van der Waals surface area contributed by atoms with Gasteiger partial charge in [-0.15, -0.1) is 0 Å². The number of fused-ring (bicyclic) bond motifs is 1. The lowest BCUT2D eigenvalue weighted by atomic mass is 10.2. The summed E-state index contributed by atoms with van der Waals surface area (Å²) in [5.41, 5.74) is 7.45. The maximum Gasteiger partial charge on any atom is 0.125 e. The number of nitrogens with zero attached hydrogens (tertiary/aromatic N) is 2. The highest BCUT2D eigenvalue weighted by atomic mass is 19.1. The molecule has 1 aromatic heterocycles. The third kappa shape index (κ3) is 1.93. The Bertz CT molecular complexity index is 502. The van der Waals surface area contributed by atoms with Crippen LogP contribution < -0.4 is 5.73 Å². The standard InChI is InChI=1S/C12H16FN3/c1-3-16-11-7-9(13)4-5-10(11)15-12(16)6-8(2)14/h4-5,7-8H,3,6,14H2,1-2H3. The molecule has 0 aliphatic heterocycles. The Hall–Kier alpha value is -1.42. The Morgan fingerprint density at radius 1 is 1.50 bits per heavy atom. The molecule has 1 unspecified atom stereocenters. The fourth-order valence-corrected chi connectivity index (χ4v) is 1.94. The third-order valence-electron chi connectivity index (χ3n) is 2.61. The molecule has 0 aliphatic carbocycles. The molecule has 86 valence electrons. The summed E-state index contributed by atoms with van der Waals surface area (Å²) in [6, 6.07) is 4.73. The van der Waals surface area contributed by atoms with Crippen LogP contribution in [0.2, 0.25) is 0 Å². The normalized spacial score (nSPS) is 13.2. The molecule has 0 spiro atoms. The second kappa shape index (κ2) is 4.22. The van der Waals surface area contributed by atoms with Crippen LogP contribution in [0.1, 0.15) is 19.7 Å². The number of hydrogen-bond donors (Lipinski definition) is 1. The minimum atomic E-state index is -0.227. The van der Waals surface area contributed by atoms with Crippen molar-refractivity contribution in [1.82, 2.24) is 9.55 Å². The highest BCUT2D eigenvalue weighted by molar-refractivity contribution is 5.76. The maximum absolute atomic E-state index is 13.2. The van der Waals surface area contributed by atoms with Gasteiger partial charge < -0.3 is 10.3 Å². The van der Waals surface area contributed by atoms with Gasteiger partial charge in [0.2, 0.25) is 0 Å². The highest BCUT2D eigenvalue weighted by Gasteiger charge is 2.11. The van der Waals surface area contributed by atoms with Gasteiger partial charge >= 0.3 is 0 Å². The molecule has 0 fully saturated rings. The van der Waals surface area contributed by atoms with Crippen LogP contribution >= 0.6 is 0 Å². The molecular weight excluding hydrogens is 205 g/mol. The van der Waals surface area contributed by atoms with Gasteiger partial charge in [0, 0.05) is 19.0 Å². The molecule has 2 N–H and O–H groups in total. The fourth-order valence-electron chi connectivity index (χ4n) is 1.94. The topological polar surface area (TPSA) is 43.8 Å². The first kappa shape index (κ1) is 11.1. The molecule has 1 atom stereocenters. The predicted octanol–water partition coefficient (Wildman–Crippen LogP) is 2.08. The van der Waals surface area contributed by atoms with Gasteiger partial charge in [-0.25, -0.2) is 9.37 Å². The molecule has 16 heavy (non-hydrogen) atoms. The Morgan fingerprint density at radius 2 is 2.25 bits per heavy atom. The van der Waals surface area contributed by atoms with Crippen molar-refractivity contribution in [2.24, 2.45) is 5.73 Å². The van der Waals surface area contributed by atoms with Gasteiger partial charge in [-0.2, -0.15) is 0 Å². The van der Waals surface area contributed by atoms with E-state index in [9.17, 15) is 4.39 Å². The molecular formula is C12H16FN3. The molecule has 0 radical (unpaired) electrons. The van der Waals surface area contributed by atoms with E-state index >= 15 is 0 Å². The first-order valence-corrected chi connectivity index (χ1v) is 5.52. The average molecular weight is 221 g/mol. The Balaban J connectivity index is 2.57. The van der Waals surface area contributed by atoms with E-state index in [2.05, 4.69) is 4.98 Å². The molecule has 4 heteroatoms. The van der Waals surface area contributed by atoms with Crippen LogP contribution in [0.15, 0.2) is 18.2 Å². The van der Waals surface area contributed by atoms with Gasteiger partial charge in [0.25, 0.3) is 0 Å². The van der Waals surface area contributed by atoms with Crippen molar-refractivity contribution in [3.8, 4) is 0 Å². The minimum absolute atomic E-state index is 0.0620. The number of rotatable bonds is 3. The lowest BCUT2D eigenvalue weighted by molar-refractivity contribution is 0.625. The lowest BCUT2D eigenvalue weighted by Gasteiger charge is -2.07. The van der Waals surface area contributed by atoms with Crippen molar-refractivity contribution in [2.75, 3.05) is 0 Å². The maximum atomic E-state index is 13.2. The summed E-state index contributed by atoms with van der Waals surface area (Å²) in [5, 5.41) is 0. The van der Waals surface area contributed by atoms with Crippen LogP contribution in [0.3, 0.4) is 0 Å². The first-order chi connectivity index (χ1) is 7.61. The molecule has 0 amide bonds. The molecule has 0 aliphatic rings. The zero-order chi connectivity index (χ0) is 11.7. The van der Waals surface area contributed by atoms with Crippen molar-refractivity contribution in [3.63, 3.8) is 0 Å². The van der Waals surface area contributed by atoms with Gasteiger partial charge in [0.1, 0.15) is 11.6 Å². The largest absolute Gasteiger partial charge is 0.328 e. The second-order valence-corrected chi connectivity index (χ2v) is 4.09. The third-order valence-corrected chi connectivity index (χ3v) is 2.61. The van der Waals surface area contributed by atoms with Crippen molar-refractivity contribution >= 4 is 11.0 Å². The highest BCUT2D eigenvalue weighted by Crippen LogP contribution is 2.18. The average Bonchev–Trinajstić information content (AvgIpc) is 2.53. The summed E-state index contributed by atoms with van der Waals surface area (Å²) in [7, 11) is 0. The smallest absolute Gasteiger partial charge is 0.125 e. The summed E-state index contributed by atoms with van der Waals surface area (Å²) < 4.78 is 15.2. The molecule has 0 saturated carbocycles. The van der Waals surface area contributed by atoms with Gasteiger partial charge in [0.05, 0.1) is 11.0 Å². The number of hydrogen-bond acceptors (Lipinski definition) is 2. The van der Waals surface area contributed by atoms with Crippen molar-refractivity contribution in [3.05, 3.63) is 29.8 Å². The molecule has 1 heterocycles. The monoisotopic (exact) mass is 221 g/mol. The minimum Gasteiger partial charge on any atom is -0.328 e. The Morgan fingerprint density at radius 3 is 2.88 bits per heavy atom. The summed E-state index contributed by atoms with van der Waals surface area (Å²) in [6.45, 7) is 4.75. The number of halogens is 1. The summed E-state index contributed by atoms with van der Waals surface area (Å²) in [4.78, 5) is 4.48. The predicted molar refractivity (Wildman–Crippen MR) is 62.7 cm³/mol. The quantitative estimate of drug-likeness (QED) is 0.862. The van der Waals surface area contributed by atoms with Gasteiger partial charge in [0.15, 0.2) is 0 Å². The van der Waals surface area contributed by atoms with E-state index in [1.165, 1.54) is 12.1 Å². The van der Waals surface area contributed by atoms with Crippen LogP contribution in [0, 0.1) is 5.82 Å². The van der Waals surface area contributed by atoms with Crippen LogP contribution in [-0.2, 0) is 13.0 Å². The summed E-state index contributed by atoms with van der Waals surface area (Å²) in [6.07, 6.45) is 0.712. The van der Waals surface area contributed by atoms with E-state index in [4.69, 9.17) is 5.73 Å². The van der Waals surface area contributed by atoms with E-state index in [1.54, 1.807) is 6.07 Å². The van der Waals surface area contributed by atoms with Crippen LogP contribution in [0.4, 0.5) is 4.39 Å². The molecule has 0 saturated heterocycles. The summed E-state index contributed by atoms with van der Waals surface area (Å²) in [5.74, 6) is 0.701. The Labute approximate surface area is 94.1 Å². The molecule has 0 bridgehead atoms. The van der Waals surface area contributed by atoms with Crippen molar-refractivity contribution in [2.45, 2.75) is 32.9 Å². The molecule has 1 aromatic carbocycles. The zero-order valence-corrected chi connectivity index (χ0v) is 9.57. The van der Waals surface area contributed by atoms with E-state index in [0.29, 0.717) is 6.42 Å². The number of aromatic nitrogens is 2. The number of aryl methyl sites for hydroxylation is 1. The van der Waals surface area contributed by atoms with Crippen molar-refractivity contribution in [1.29, 1.82) is 0 Å². The van der Waals surface area contributed by atoms with Gasteiger partial charge in [-0.3, -0.25) is 0 Å². The lowest BCUT2D eigenvalue weighted by Crippen LogP contribution is -2.20. The van der Waals surface area contributed by atoms with Gasteiger partial charge in [-0.1, -0.05) is 0 Å².